The Morgan fingerprint density at radius 2 is 1.94 bits per heavy atom. The molecule has 180 valence electrons. The average molecular weight is 512 g/mol. The molecule has 0 spiro atoms. The maximum Gasteiger partial charge on any atom is 0.316 e. The van der Waals surface area contributed by atoms with Crippen LogP contribution in [0.5, 0.6) is 6.01 Å². The summed E-state index contributed by atoms with van der Waals surface area (Å²) in [5.41, 5.74) is 0.766. The molecule has 0 aliphatic carbocycles. The second kappa shape index (κ2) is 11.1. The van der Waals surface area contributed by atoms with Gasteiger partial charge in [-0.1, -0.05) is 17.7 Å². The van der Waals surface area contributed by atoms with Crippen LogP contribution in [-0.2, 0) is 0 Å². The molecule has 34 heavy (non-hydrogen) atoms. The average Bonchev–Trinajstić information content (AvgIpc) is 3.31. The number of thiazole rings is 1. The first-order valence-electron chi connectivity index (χ1n) is 10.6. The molecule has 1 amide bonds. The first kappa shape index (κ1) is 24.4. The minimum absolute atomic E-state index is 0.0151. The van der Waals surface area contributed by atoms with Crippen LogP contribution in [0, 0.1) is 5.82 Å². The molecule has 12 heteroatoms. The normalized spacial score (nSPS) is 15.9. The largest absolute Gasteiger partial charge is 0.460 e. The molecular formula is C22H21ClF3N5O2S. The molecule has 0 bridgehead atoms. The van der Waals surface area contributed by atoms with E-state index >= 15 is 0 Å². The number of halogens is 4. The summed E-state index contributed by atoms with van der Waals surface area (Å²) in [4.78, 5) is 27.0. The monoisotopic (exact) mass is 511 g/mol. The van der Waals surface area contributed by atoms with E-state index in [9.17, 15) is 18.0 Å². The second-order valence-electron chi connectivity index (χ2n) is 7.61. The topological polar surface area (TPSA) is 80.2 Å². The number of hydrogen-bond acceptors (Lipinski definition) is 7. The number of rotatable bonds is 8. The van der Waals surface area contributed by atoms with Gasteiger partial charge in [-0.2, -0.15) is 0 Å². The highest BCUT2D eigenvalue weighted by Crippen LogP contribution is 2.34. The van der Waals surface area contributed by atoms with Gasteiger partial charge in [0.1, 0.15) is 17.6 Å². The van der Waals surface area contributed by atoms with Crippen molar-refractivity contribution in [1.82, 2.24) is 25.2 Å². The number of nitrogens with one attached hydrogen (secondary N) is 1. The van der Waals surface area contributed by atoms with Gasteiger partial charge in [0.05, 0.1) is 27.0 Å². The van der Waals surface area contributed by atoms with Crippen LogP contribution >= 0.6 is 22.9 Å². The third-order valence-electron chi connectivity index (χ3n) is 5.51. The van der Waals surface area contributed by atoms with Crippen LogP contribution in [0.1, 0.15) is 46.2 Å². The third kappa shape index (κ3) is 5.65. The van der Waals surface area contributed by atoms with Gasteiger partial charge in [-0.25, -0.2) is 28.1 Å². The van der Waals surface area contributed by atoms with Crippen molar-refractivity contribution in [3.8, 4) is 6.01 Å². The summed E-state index contributed by atoms with van der Waals surface area (Å²) in [6.07, 6.45) is 1.54. The van der Waals surface area contributed by atoms with Crippen LogP contribution in [0.4, 0.5) is 13.2 Å². The molecule has 1 atom stereocenters. The van der Waals surface area contributed by atoms with Crippen molar-refractivity contribution in [1.29, 1.82) is 0 Å². The molecule has 1 aliphatic heterocycles. The van der Waals surface area contributed by atoms with Crippen LogP contribution in [0.3, 0.4) is 0 Å². The summed E-state index contributed by atoms with van der Waals surface area (Å²) in [7, 11) is 0. The fourth-order valence-electron chi connectivity index (χ4n) is 3.86. The molecule has 3 heterocycles. The Morgan fingerprint density at radius 1 is 1.21 bits per heavy atom. The minimum Gasteiger partial charge on any atom is -0.460 e. The molecule has 4 rings (SSSR count). The molecule has 0 radical (unpaired) electrons. The predicted octanol–water partition coefficient (Wildman–Crippen LogP) is 4.68. The lowest BCUT2D eigenvalue weighted by molar-refractivity contribution is 0.0656. The van der Waals surface area contributed by atoms with E-state index in [4.69, 9.17) is 16.3 Å². The molecule has 7 nitrogen and oxygen atoms in total. The van der Waals surface area contributed by atoms with Crippen LogP contribution in [0.2, 0.25) is 5.02 Å². The maximum atomic E-state index is 14.2. The molecule has 1 unspecified atom stereocenters. The first-order chi connectivity index (χ1) is 16.4. The Kier molecular flexibility index (Phi) is 7.96. The van der Waals surface area contributed by atoms with Gasteiger partial charge in [0.15, 0.2) is 0 Å². The summed E-state index contributed by atoms with van der Waals surface area (Å²) >= 11 is 7.10. The van der Waals surface area contributed by atoms with Crippen molar-refractivity contribution in [3.63, 3.8) is 0 Å². The fourth-order valence-corrected chi connectivity index (χ4v) is 5.04. The molecule has 1 N–H and O–H groups in total. The van der Waals surface area contributed by atoms with Crippen LogP contribution in [0.15, 0.2) is 42.2 Å². The molecule has 0 saturated carbocycles. The highest BCUT2D eigenvalue weighted by atomic mass is 35.5. The van der Waals surface area contributed by atoms with E-state index in [-0.39, 0.29) is 34.9 Å². The highest BCUT2D eigenvalue weighted by Gasteiger charge is 2.32. The van der Waals surface area contributed by atoms with Gasteiger partial charge in [0.25, 0.3) is 12.3 Å². The van der Waals surface area contributed by atoms with Crippen LogP contribution < -0.4 is 10.1 Å². The Balaban J connectivity index is 1.48. The van der Waals surface area contributed by atoms with E-state index in [1.54, 1.807) is 18.5 Å². The Labute approximate surface area is 203 Å². The lowest BCUT2D eigenvalue weighted by Crippen LogP contribution is -2.44. The standard InChI is InChI=1S/C22H21ClF3N5O2S/c23-14-3-1-4-15(24)17(14)21(32)29-11-16(19-18(20(25)26)30-12-34-19)31-9-5-13(6-10-31)33-22-27-7-2-8-28-22/h1-4,7-8,12-13,16,20H,5-6,9-11H2,(H,29,32). The molecule has 3 aromatic rings. The summed E-state index contributed by atoms with van der Waals surface area (Å²) in [5, 5.41) is 2.63. The number of amides is 1. The van der Waals surface area contributed by atoms with Crippen LogP contribution in [0.25, 0.3) is 0 Å². The Hall–Kier alpha value is -2.76. The predicted molar refractivity (Wildman–Crippen MR) is 121 cm³/mol. The molecular weight excluding hydrogens is 491 g/mol. The van der Waals surface area contributed by atoms with E-state index in [1.165, 1.54) is 17.6 Å². The molecule has 1 fully saturated rings. The van der Waals surface area contributed by atoms with Gasteiger partial charge in [-0.3, -0.25) is 9.69 Å². The molecule has 1 aromatic carbocycles. The zero-order valence-electron chi connectivity index (χ0n) is 17.8. The third-order valence-corrected chi connectivity index (χ3v) is 6.77. The van der Waals surface area contributed by atoms with E-state index in [0.717, 1.165) is 17.4 Å². The minimum atomic E-state index is -2.75. The summed E-state index contributed by atoms with van der Waals surface area (Å²) in [6, 6.07) is 5.36. The van der Waals surface area contributed by atoms with E-state index in [0.29, 0.717) is 30.8 Å². The molecule has 1 saturated heterocycles. The first-order valence-corrected chi connectivity index (χ1v) is 11.8. The van der Waals surface area contributed by atoms with Gasteiger partial charge in [0.2, 0.25) is 0 Å². The second-order valence-corrected chi connectivity index (χ2v) is 8.90. The van der Waals surface area contributed by atoms with E-state index in [2.05, 4.69) is 20.3 Å². The lowest BCUT2D eigenvalue weighted by atomic mass is 10.0. The number of benzene rings is 1. The van der Waals surface area contributed by atoms with Crippen molar-refractivity contribution in [2.24, 2.45) is 0 Å². The number of carbonyl (C=O) groups is 1. The number of alkyl halides is 2. The number of aromatic nitrogens is 3. The smallest absolute Gasteiger partial charge is 0.316 e. The number of nitrogens with zero attached hydrogens (tertiary/aromatic N) is 4. The SMILES string of the molecule is O=C(NCC(c1scnc1C(F)F)N1CCC(Oc2ncccn2)CC1)c1c(F)cccc1Cl. The summed E-state index contributed by atoms with van der Waals surface area (Å²) < 4.78 is 47.2. The van der Waals surface area contributed by atoms with Crippen molar-refractivity contribution in [2.45, 2.75) is 31.4 Å². The molecule has 1 aliphatic rings. The van der Waals surface area contributed by atoms with Gasteiger partial charge in [-0.15, -0.1) is 11.3 Å². The Bertz CT molecular complexity index is 1090. The number of piperidine rings is 1. The van der Waals surface area contributed by atoms with E-state index in [1.807, 2.05) is 4.90 Å². The van der Waals surface area contributed by atoms with Gasteiger partial charge < -0.3 is 10.1 Å². The Morgan fingerprint density at radius 3 is 2.62 bits per heavy atom. The summed E-state index contributed by atoms with van der Waals surface area (Å²) in [5.74, 6) is -1.47. The van der Waals surface area contributed by atoms with Crippen molar-refractivity contribution < 1.29 is 22.7 Å². The maximum absolute atomic E-state index is 14.2. The fraction of sp³-hybridized carbons (Fsp3) is 0.364. The molecule has 2 aromatic heterocycles. The number of likely N-dealkylation sites (tertiary alicyclic amines) is 1. The quantitative estimate of drug-likeness (QED) is 0.473. The zero-order chi connectivity index (χ0) is 24.1. The number of ether oxygens (including phenoxy) is 1. The highest BCUT2D eigenvalue weighted by molar-refractivity contribution is 7.09. The van der Waals surface area contributed by atoms with Crippen molar-refractivity contribution in [2.75, 3.05) is 19.6 Å². The van der Waals surface area contributed by atoms with Gasteiger partial charge in [-0.05, 0) is 31.0 Å². The van der Waals surface area contributed by atoms with Crippen LogP contribution in [-0.4, -0.2) is 51.5 Å². The van der Waals surface area contributed by atoms with Crippen molar-refractivity contribution in [3.05, 3.63) is 69.1 Å². The summed E-state index contributed by atoms with van der Waals surface area (Å²) in [6.45, 7) is 1.04. The van der Waals surface area contributed by atoms with Gasteiger partial charge >= 0.3 is 6.01 Å². The lowest BCUT2D eigenvalue weighted by Gasteiger charge is -2.37. The van der Waals surface area contributed by atoms with Crippen molar-refractivity contribution >= 4 is 28.8 Å². The number of hydrogen-bond donors (Lipinski definition) is 1. The zero-order valence-corrected chi connectivity index (χ0v) is 19.4. The van der Waals surface area contributed by atoms with E-state index < -0.39 is 24.2 Å². The number of carbonyl (C=O) groups excluding carboxylic acids is 1. The van der Waals surface area contributed by atoms with Gasteiger partial charge in [0, 0.05) is 32.0 Å².